The number of anilines is 2. The Hall–Kier alpha value is -4.13. The van der Waals surface area contributed by atoms with Gasteiger partial charge in [0.1, 0.15) is 11.5 Å². The second-order valence-corrected chi connectivity index (χ2v) is 5.79. The third-order valence-corrected chi connectivity index (χ3v) is 3.72. The van der Waals surface area contributed by atoms with E-state index in [2.05, 4.69) is 10.6 Å². The monoisotopic (exact) mass is 375 g/mol. The molecule has 3 rings (SSSR count). The van der Waals surface area contributed by atoms with Crippen molar-refractivity contribution in [1.82, 2.24) is 0 Å². The van der Waals surface area contributed by atoms with Gasteiger partial charge in [-0.3, -0.25) is 14.4 Å². The molecule has 0 radical (unpaired) electrons. The highest BCUT2D eigenvalue weighted by Crippen LogP contribution is 2.22. The van der Waals surface area contributed by atoms with Crippen molar-refractivity contribution >= 4 is 29.1 Å². The molecule has 140 valence electrons. The number of para-hydroxylation sites is 1. The molecule has 0 aliphatic carbocycles. The maximum atomic E-state index is 12.0. The summed E-state index contributed by atoms with van der Waals surface area (Å²) in [4.78, 5) is 35.1. The van der Waals surface area contributed by atoms with E-state index in [1.807, 2.05) is 30.3 Å². The smallest absolute Gasteiger partial charge is 0.314 e. The highest BCUT2D eigenvalue weighted by Gasteiger charge is 2.14. The number of hydrogen-bond donors (Lipinski definition) is 3. The molecule has 0 bridgehead atoms. The number of ether oxygens (including phenoxy) is 1. The summed E-state index contributed by atoms with van der Waals surface area (Å²) in [6.45, 7) is 0. The Bertz CT molecular complexity index is 984. The fourth-order valence-corrected chi connectivity index (χ4v) is 2.32. The van der Waals surface area contributed by atoms with Crippen molar-refractivity contribution in [2.75, 3.05) is 10.6 Å². The highest BCUT2D eigenvalue weighted by atomic mass is 16.5. The average molecular weight is 375 g/mol. The molecular formula is C21H17N3O4. The molecule has 3 aromatic rings. The normalized spacial score (nSPS) is 10.0. The zero-order valence-electron chi connectivity index (χ0n) is 14.7. The number of rotatable bonds is 5. The van der Waals surface area contributed by atoms with Crippen molar-refractivity contribution < 1.29 is 19.1 Å². The first kappa shape index (κ1) is 18.7. The number of primary amides is 1. The standard InChI is InChI=1S/C21H17N3O4/c22-19(25)14-6-8-15(9-7-14)23-20(26)21(27)24-16-10-12-18(13-11-16)28-17-4-2-1-3-5-17/h1-13H,(H2,22,25)(H,23,26)(H,24,27). The molecule has 0 unspecified atom stereocenters. The average Bonchev–Trinajstić information content (AvgIpc) is 2.70. The zero-order valence-corrected chi connectivity index (χ0v) is 14.7. The maximum absolute atomic E-state index is 12.0. The van der Waals surface area contributed by atoms with Crippen LogP contribution < -0.4 is 21.1 Å². The summed E-state index contributed by atoms with van der Waals surface area (Å²) in [6, 6.07) is 21.8. The predicted octanol–water partition coefficient (Wildman–Crippen LogP) is 3.16. The van der Waals surface area contributed by atoms with Crippen molar-refractivity contribution in [3.05, 3.63) is 84.4 Å². The second kappa shape index (κ2) is 8.50. The molecule has 0 atom stereocenters. The quantitative estimate of drug-likeness (QED) is 0.595. The van der Waals surface area contributed by atoms with Gasteiger partial charge in [-0.05, 0) is 60.7 Å². The molecule has 0 heterocycles. The van der Waals surface area contributed by atoms with E-state index in [-0.39, 0.29) is 0 Å². The lowest BCUT2D eigenvalue weighted by molar-refractivity contribution is -0.132. The first-order valence-corrected chi connectivity index (χ1v) is 8.36. The molecule has 0 saturated carbocycles. The summed E-state index contributed by atoms with van der Waals surface area (Å²) < 4.78 is 5.67. The number of carbonyl (C=O) groups is 3. The van der Waals surface area contributed by atoms with E-state index < -0.39 is 17.7 Å². The van der Waals surface area contributed by atoms with E-state index in [9.17, 15) is 14.4 Å². The molecule has 0 spiro atoms. The Morgan fingerprint density at radius 1 is 0.643 bits per heavy atom. The number of hydrogen-bond acceptors (Lipinski definition) is 4. The van der Waals surface area contributed by atoms with Gasteiger partial charge in [0.2, 0.25) is 5.91 Å². The van der Waals surface area contributed by atoms with Crippen LogP contribution >= 0.6 is 0 Å². The predicted molar refractivity (Wildman–Crippen MR) is 105 cm³/mol. The molecule has 0 aliphatic rings. The second-order valence-electron chi connectivity index (χ2n) is 5.79. The SMILES string of the molecule is NC(=O)c1ccc(NC(=O)C(=O)Nc2ccc(Oc3ccccc3)cc2)cc1. The first-order valence-electron chi connectivity index (χ1n) is 8.36. The molecule has 0 saturated heterocycles. The molecular weight excluding hydrogens is 358 g/mol. The van der Waals surface area contributed by atoms with E-state index in [0.717, 1.165) is 0 Å². The lowest BCUT2D eigenvalue weighted by atomic mass is 10.2. The van der Waals surface area contributed by atoms with Crippen LogP contribution in [0.2, 0.25) is 0 Å². The Labute approximate surface area is 161 Å². The minimum Gasteiger partial charge on any atom is -0.457 e. The van der Waals surface area contributed by atoms with Crippen LogP contribution in [0.25, 0.3) is 0 Å². The Morgan fingerprint density at radius 3 is 1.61 bits per heavy atom. The summed E-state index contributed by atoms with van der Waals surface area (Å²) in [6.07, 6.45) is 0. The lowest BCUT2D eigenvalue weighted by Crippen LogP contribution is -2.29. The number of benzene rings is 3. The fraction of sp³-hybridized carbons (Fsp3) is 0. The first-order chi connectivity index (χ1) is 13.5. The number of amides is 3. The van der Waals surface area contributed by atoms with Gasteiger partial charge in [-0.2, -0.15) is 0 Å². The van der Waals surface area contributed by atoms with Gasteiger partial charge in [0.05, 0.1) is 0 Å². The van der Waals surface area contributed by atoms with Gasteiger partial charge in [-0.1, -0.05) is 18.2 Å². The Kier molecular flexibility index (Phi) is 5.66. The van der Waals surface area contributed by atoms with Gasteiger partial charge in [0.15, 0.2) is 0 Å². The maximum Gasteiger partial charge on any atom is 0.314 e. The van der Waals surface area contributed by atoms with Gasteiger partial charge in [0, 0.05) is 16.9 Å². The van der Waals surface area contributed by atoms with E-state index in [1.54, 1.807) is 24.3 Å². The summed E-state index contributed by atoms with van der Waals surface area (Å²) in [5, 5.41) is 4.95. The van der Waals surface area contributed by atoms with E-state index in [4.69, 9.17) is 10.5 Å². The van der Waals surface area contributed by atoms with Crippen LogP contribution in [0.15, 0.2) is 78.9 Å². The van der Waals surface area contributed by atoms with Gasteiger partial charge in [0.25, 0.3) is 0 Å². The molecule has 4 N–H and O–H groups in total. The molecule has 3 amide bonds. The molecule has 0 aromatic heterocycles. The van der Waals surface area contributed by atoms with Gasteiger partial charge >= 0.3 is 11.8 Å². The highest BCUT2D eigenvalue weighted by molar-refractivity contribution is 6.43. The lowest BCUT2D eigenvalue weighted by Gasteiger charge is -2.09. The molecule has 0 fully saturated rings. The van der Waals surface area contributed by atoms with Crippen molar-refractivity contribution in [2.24, 2.45) is 5.73 Å². The van der Waals surface area contributed by atoms with Crippen molar-refractivity contribution in [1.29, 1.82) is 0 Å². The minimum absolute atomic E-state index is 0.306. The summed E-state index contributed by atoms with van der Waals surface area (Å²) in [5.41, 5.74) is 6.28. The molecule has 3 aromatic carbocycles. The summed E-state index contributed by atoms with van der Waals surface area (Å²) in [5.74, 6) is -0.938. The number of nitrogens with one attached hydrogen (secondary N) is 2. The fourth-order valence-electron chi connectivity index (χ4n) is 2.32. The van der Waals surface area contributed by atoms with Crippen LogP contribution in [0.5, 0.6) is 11.5 Å². The van der Waals surface area contributed by atoms with E-state index in [1.165, 1.54) is 24.3 Å². The Balaban J connectivity index is 1.56. The van der Waals surface area contributed by atoms with Crippen LogP contribution in [0.1, 0.15) is 10.4 Å². The van der Waals surface area contributed by atoms with E-state index in [0.29, 0.717) is 28.4 Å². The van der Waals surface area contributed by atoms with Crippen molar-refractivity contribution in [3.63, 3.8) is 0 Å². The summed E-state index contributed by atoms with van der Waals surface area (Å²) in [7, 11) is 0. The molecule has 7 heteroatoms. The van der Waals surface area contributed by atoms with Crippen molar-refractivity contribution in [2.45, 2.75) is 0 Å². The zero-order chi connectivity index (χ0) is 19.9. The van der Waals surface area contributed by atoms with Gasteiger partial charge < -0.3 is 21.1 Å². The van der Waals surface area contributed by atoms with Crippen LogP contribution in [0.4, 0.5) is 11.4 Å². The topological polar surface area (TPSA) is 111 Å². The van der Waals surface area contributed by atoms with Crippen LogP contribution in [-0.2, 0) is 9.59 Å². The van der Waals surface area contributed by atoms with Gasteiger partial charge in [-0.25, -0.2) is 0 Å². The molecule has 7 nitrogen and oxygen atoms in total. The van der Waals surface area contributed by atoms with Crippen LogP contribution in [0.3, 0.4) is 0 Å². The number of nitrogens with two attached hydrogens (primary N) is 1. The van der Waals surface area contributed by atoms with Crippen LogP contribution in [-0.4, -0.2) is 17.7 Å². The molecule has 0 aliphatic heterocycles. The Morgan fingerprint density at radius 2 is 1.11 bits per heavy atom. The van der Waals surface area contributed by atoms with Crippen molar-refractivity contribution in [3.8, 4) is 11.5 Å². The number of carbonyl (C=O) groups excluding carboxylic acids is 3. The summed E-state index contributed by atoms with van der Waals surface area (Å²) >= 11 is 0. The molecule has 28 heavy (non-hydrogen) atoms. The third kappa shape index (κ3) is 4.95. The minimum atomic E-state index is -0.837. The third-order valence-electron chi connectivity index (χ3n) is 3.72. The van der Waals surface area contributed by atoms with Crippen LogP contribution in [0, 0.1) is 0 Å². The van der Waals surface area contributed by atoms with E-state index >= 15 is 0 Å². The van der Waals surface area contributed by atoms with Gasteiger partial charge in [-0.15, -0.1) is 0 Å². The largest absolute Gasteiger partial charge is 0.457 e.